The first kappa shape index (κ1) is 12.4. The summed E-state index contributed by atoms with van der Waals surface area (Å²) in [6.07, 6.45) is 0.855. The summed E-state index contributed by atoms with van der Waals surface area (Å²) in [6, 6.07) is 12.5. The van der Waals surface area contributed by atoms with Crippen LogP contribution < -0.4 is 11.1 Å². The molecule has 0 saturated carbocycles. The fraction of sp³-hybridized carbons (Fsp3) is 0.200. The molecule has 0 aliphatic heterocycles. The fourth-order valence-corrected chi connectivity index (χ4v) is 1.75. The van der Waals surface area contributed by atoms with Gasteiger partial charge in [-0.1, -0.05) is 18.2 Å². The van der Waals surface area contributed by atoms with Crippen LogP contribution in [0.4, 0.5) is 15.8 Å². The van der Waals surface area contributed by atoms with E-state index in [1.807, 2.05) is 25.1 Å². The summed E-state index contributed by atoms with van der Waals surface area (Å²) in [5.41, 5.74) is 9.84. The number of nitrogen functional groups attached to an aromatic ring is 1. The van der Waals surface area contributed by atoms with Crippen LogP contribution in [0.3, 0.4) is 0 Å². The summed E-state index contributed by atoms with van der Waals surface area (Å²) in [7, 11) is 0. The highest BCUT2D eigenvalue weighted by Crippen LogP contribution is 2.16. The van der Waals surface area contributed by atoms with Crippen molar-refractivity contribution in [3.63, 3.8) is 0 Å². The summed E-state index contributed by atoms with van der Waals surface area (Å²) in [5, 5.41) is 3.30. The molecule has 2 aromatic carbocycles. The van der Waals surface area contributed by atoms with E-state index in [4.69, 9.17) is 5.73 Å². The monoisotopic (exact) mass is 244 g/mol. The second-order valence-corrected chi connectivity index (χ2v) is 4.37. The van der Waals surface area contributed by atoms with Gasteiger partial charge in [-0.2, -0.15) is 0 Å². The van der Waals surface area contributed by atoms with E-state index in [0.717, 1.165) is 35.5 Å². The zero-order valence-corrected chi connectivity index (χ0v) is 10.4. The van der Waals surface area contributed by atoms with E-state index in [2.05, 4.69) is 5.32 Å². The first-order valence-electron chi connectivity index (χ1n) is 5.99. The van der Waals surface area contributed by atoms with Gasteiger partial charge in [-0.05, 0) is 48.7 Å². The van der Waals surface area contributed by atoms with E-state index >= 15 is 0 Å². The molecule has 0 unspecified atom stereocenters. The third-order valence-electron chi connectivity index (χ3n) is 2.94. The molecule has 0 atom stereocenters. The summed E-state index contributed by atoms with van der Waals surface area (Å²) < 4.78 is 12.7. The number of nitrogens with one attached hydrogen (secondary N) is 1. The standard InChI is InChI=1S/C15H17FN2/c1-11-2-7-14(10-15(11)17)18-9-8-12-3-5-13(16)6-4-12/h2-7,10,18H,8-9,17H2,1H3. The molecule has 0 bridgehead atoms. The van der Waals surface area contributed by atoms with Gasteiger partial charge in [0, 0.05) is 17.9 Å². The maximum absolute atomic E-state index is 12.7. The highest BCUT2D eigenvalue weighted by atomic mass is 19.1. The van der Waals surface area contributed by atoms with Crippen LogP contribution in [0.1, 0.15) is 11.1 Å². The lowest BCUT2D eigenvalue weighted by Crippen LogP contribution is -2.05. The molecular weight excluding hydrogens is 227 g/mol. The first-order valence-corrected chi connectivity index (χ1v) is 5.99. The minimum Gasteiger partial charge on any atom is -0.398 e. The molecule has 0 aromatic heterocycles. The number of nitrogens with two attached hydrogens (primary N) is 1. The van der Waals surface area contributed by atoms with E-state index in [1.54, 1.807) is 12.1 Å². The maximum atomic E-state index is 12.7. The van der Waals surface area contributed by atoms with Gasteiger partial charge in [0.15, 0.2) is 0 Å². The Kier molecular flexibility index (Phi) is 3.82. The molecule has 3 heteroatoms. The summed E-state index contributed by atoms with van der Waals surface area (Å²) in [6.45, 7) is 2.78. The van der Waals surface area contributed by atoms with E-state index in [9.17, 15) is 4.39 Å². The van der Waals surface area contributed by atoms with Gasteiger partial charge in [-0.3, -0.25) is 0 Å². The highest BCUT2D eigenvalue weighted by molar-refractivity contribution is 5.58. The Balaban J connectivity index is 1.88. The molecule has 2 nitrogen and oxygen atoms in total. The van der Waals surface area contributed by atoms with Crippen molar-refractivity contribution in [2.24, 2.45) is 0 Å². The number of rotatable bonds is 4. The number of hydrogen-bond donors (Lipinski definition) is 2. The number of anilines is 2. The third kappa shape index (κ3) is 3.23. The Hall–Kier alpha value is -2.03. The second kappa shape index (κ2) is 5.54. The van der Waals surface area contributed by atoms with Gasteiger partial charge in [-0.25, -0.2) is 4.39 Å². The van der Waals surface area contributed by atoms with Gasteiger partial charge in [0.2, 0.25) is 0 Å². The van der Waals surface area contributed by atoms with Crippen LogP contribution >= 0.6 is 0 Å². The highest BCUT2D eigenvalue weighted by Gasteiger charge is 1.97. The third-order valence-corrected chi connectivity index (χ3v) is 2.94. The van der Waals surface area contributed by atoms with Crippen molar-refractivity contribution in [1.82, 2.24) is 0 Å². The summed E-state index contributed by atoms with van der Waals surface area (Å²) in [5.74, 6) is -0.196. The molecule has 3 N–H and O–H groups in total. The number of benzene rings is 2. The molecule has 2 aromatic rings. The topological polar surface area (TPSA) is 38.0 Å². The average Bonchev–Trinajstić information content (AvgIpc) is 2.36. The van der Waals surface area contributed by atoms with Gasteiger partial charge in [0.05, 0.1) is 0 Å². The lowest BCUT2D eigenvalue weighted by atomic mass is 10.1. The van der Waals surface area contributed by atoms with Crippen molar-refractivity contribution >= 4 is 11.4 Å². The van der Waals surface area contributed by atoms with Gasteiger partial charge in [-0.15, -0.1) is 0 Å². The number of aryl methyl sites for hydroxylation is 1. The van der Waals surface area contributed by atoms with E-state index in [1.165, 1.54) is 12.1 Å². The second-order valence-electron chi connectivity index (χ2n) is 4.37. The smallest absolute Gasteiger partial charge is 0.123 e. The van der Waals surface area contributed by atoms with Crippen LogP contribution in [0.25, 0.3) is 0 Å². The van der Waals surface area contributed by atoms with Gasteiger partial charge in [0.1, 0.15) is 5.82 Å². The average molecular weight is 244 g/mol. The predicted molar refractivity (Wildman–Crippen MR) is 74.2 cm³/mol. The van der Waals surface area contributed by atoms with Crippen molar-refractivity contribution < 1.29 is 4.39 Å². The molecular formula is C15H17FN2. The van der Waals surface area contributed by atoms with Crippen LogP contribution in [-0.4, -0.2) is 6.54 Å². The molecule has 94 valence electrons. The SMILES string of the molecule is Cc1ccc(NCCc2ccc(F)cc2)cc1N. The van der Waals surface area contributed by atoms with Crippen LogP contribution in [0.2, 0.25) is 0 Å². The molecule has 0 amide bonds. The molecule has 0 fully saturated rings. The largest absolute Gasteiger partial charge is 0.398 e. The molecule has 0 spiro atoms. The Bertz CT molecular complexity index is 521. The molecule has 2 rings (SSSR count). The molecule has 0 saturated heterocycles. The van der Waals surface area contributed by atoms with E-state index in [-0.39, 0.29) is 5.82 Å². The summed E-state index contributed by atoms with van der Waals surface area (Å²) in [4.78, 5) is 0. The predicted octanol–water partition coefficient (Wildman–Crippen LogP) is 3.37. The van der Waals surface area contributed by atoms with Crippen LogP contribution in [0.15, 0.2) is 42.5 Å². The normalized spacial score (nSPS) is 10.3. The van der Waals surface area contributed by atoms with Gasteiger partial charge >= 0.3 is 0 Å². The van der Waals surface area contributed by atoms with Crippen molar-refractivity contribution in [3.8, 4) is 0 Å². The van der Waals surface area contributed by atoms with E-state index in [0.29, 0.717) is 0 Å². The summed E-state index contributed by atoms with van der Waals surface area (Å²) >= 11 is 0. The molecule has 0 aliphatic rings. The van der Waals surface area contributed by atoms with Gasteiger partial charge in [0.25, 0.3) is 0 Å². The lowest BCUT2D eigenvalue weighted by Gasteiger charge is -2.08. The Morgan fingerprint density at radius 1 is 1.11 bits per heavy atom. The van der Waals surface area contributed by atoms with Crippen molar-refractivity contribution in [3.05, 3.63) is 59.4 Å². The van der Waals surface area contributed by atoms with E-state index < -0.39 is 0 Å². The first-order chi connectivity index (χ1) is 8.65. The van der Waals surface area contributed by atoms with Crippen molar-refractivity contribution in [1.29, 1.82) is 0 Å². The van der Waals surface area contributed by atoms with Crippen LogP contribution in [0, 0.1) is 12.7 Å². The molecule has 0 heterocycles. The zero-order chi connectivity index (χ0) is 13.0. The molecule has 0 radical (unpaired) electrons. The fourth-order valence-electron chi connectivity index (χ4n) is 1.75. The Morgan fingerprint density at radius 3 is 2.50 bits per heavy atom. The molecule has 0 aliphatic carbocycles. The van der Waals surface area contributed by atoms with Crippen molar-refractivity contribution in [2.45, 2.75) is 13.3 Å². The van der Waals surface area contributed by atoms with Gasteiger partial charge < -0.3 is 11.1 Å². The Morgan fingerprint density at radius 2 is 1.83 bits per heavy atom. The number of halogens is 1. The quantitative estimate of drug-likeness (QED) is 0.809. The minimum absolute atomic E-state index is 0.196. The minimum atomic E-state index is -0.196. The van der Waals surface area contributed by atoms with Crippen LogP contribution in [-0.2, 0) is 6.42 Å². The van der Waals surface area contributed by atoms with Crippen LogP contribution in [0.5, 0.6) is 0 Å². The number of hydrogen-bond acceptors (Lipinski definition) is 2. The molecule has 18 heavy (non-hydrogen) atoms. The maximum Gasteiger partial charge on any atom is 0.123 e. The Labute approximate surface area is 107 Å². The lowest BCUT2D eigenvalue weighted by molar-refractivity contribution is 0.627. The zero-order valence-electron chi connectivity index (χ0n) is 10.4. The van der Waals surface area contributed by atoms with Crippen molar-refractivity contribution in [2.75, 3.05) is 17.6 Å².